The van der Waals surface area contributed by atoms with Crippen LogP contribution in [0.2, 0.25) is 0 Å². The summed E-state index contributed by atoms with van der Waals surface area (Å²) in [6.07, 6.45) is 0. The van der Waals surface area contributed by atoms with Gasteiger partial charge in [0, 0.05) is 5.92 Å². The van der Waals surface area contributed by atoms with Crippen molar-refractivity contribution in [3.8, 4) is 22.3 Å². The Bertz CT molecular complexity index is 1100. The lowest BCUT2D eigenvalue weighted by molar-refractivity contribution is 1.00. The zero-order valence-electron chi connectivity index (χ0n) is 16.1. The van der Waals surface area contributed by atoms with Gasteiger partial charge in [-0.3, -0.25) is 0 Å². The second-order valence-electron chi connectivity index (χ2n) is 7.53. The molecule has 0 aliphatic heterocycles. The van der Waals surface area contributed by atoms with Crippen LogP contribution in [-0.2, 0) is 0 Å². The Labute approximate surface area is 170 Å². The predicted octanol–water partition coefficient (Wildman–Crippen LogP) is 7.75. The Hall–Kier alpha value is -2.90. The van der Waals surface area contributed by atoms with E-state index in [4.69, 9.17) is 0 Å². The highest BCUT2D eigenvalue weighted by Gasteiger charge is 2.27. The van der Waals surface area contributed by atoms with Crippen molar-refractivity contribution in [2.45, 2.75) is 19.8 Å². The highest BCUT2D eigenvalue weighted by molar-refractivity contribution is 7.08. The molecule has 0 fully saturated rings. The van der Waals surface area contributed by atoms with Crippen molar-refractivity contribution < 1.29 is 0 Å². The highest BCUT2D eigenvalue weighted by Crippen LogP contribution is 2.46. The average molecular weight is 379 g/mol. The maximum absolute atomic E-state index is 2.39. The van der Waals surface area contributed by atoms with Crippen molar-refractivity contribution in [2.24, 2.45) is 0 Å². The summed E-state index contributed by atoms with van der Waals surface area (Å²) in [4.78, 5) is 0. The molecule has 0 atom stereocenters. The zero-order chi connectivity index (χ0) is 19.1. The quantitative estimate of drug-likeness (QED) is 0.301. The molecule has 0 radical (unpaired) electrons. The molecule has 0 N–H and O–H groups in total. The van der Waals surface area contributed by atoms with Gasteiger partial charge in [-0.25, -0.2) is 0 Å². The van der Waals surface area contributed by atoms with Crippen LogP contribution in [0.5, 0.6) is 0 Å². The van der Waals surface area contributed by atoms with Gasteiger partial charge < -0.3 is 0 Å². The molecule has 5 rings (SSSR count). The fraction of sp³-hybridized carbons (Fsp3) is 0.111. The molecule has 28 heavy (non-hydrogen) atoms. The Balaban J connectivity index is 1.81. The smallest absolute Gasteiger partial charge is 0.0360 e. The summed E-state index contributed by atoms with van der Waals surface area (Å²) in [6, 6.07) is 28.9. The number of fused-ring (bicyclic) bond motifs is 2. The van der Waals surface area contributed by atoms with E-state index in [1.807, 2.05) is 0 Å². The van der Waals surface area contributed by atoms with Crippen LogP contribution in [0.25, 0.3) is 22.3 Å². The average Bonchev–Trinajstić information content (AvgIpc) is 3.25. The van der Waals surface area contributed by atoms with Gasteiger partial charge in [-0.15, -0.1) is 0 Å². The van der Waals surface area contributed by atoms with Crippen molar-refractivity contribution in [1.29, 1.82) is 0 Å². The molecule has 0 amide bonds. The molecule has 1 heterocycles. The standard InChI is InChI=1S/C27H22S/c1-18-15-25(23-11-7-3-5-9-21(18)23)27(20-13-14-28-17-20)26-16-19(2)22-10-6-4-8-12-24(22)26/h3-17,27H,1-2H3. The number of hydrogen-bond acceptors (Lipinski definition) is 1. The maximum atomic E-state index is 2.39. The molecule has 0 saturated heterocycles. The second kappa shape index (κ2) is 6.92. The minimum absolute atomic E-state index is 0.239. The first-order valence-corrected chi connectivity index (χ1v) is 10.7. The van der Waals surface area contributed by atoms with Crippen LogP contribution in [-0.4, -0.2) is 0 Å². The molecule has 1 heteroatoms. The molecular formula is C27H22S. The predicted molar refractivity (Wildman–Crippen MR) is 121 cm³/mol. The summed E-state index contributed by atoms with van der Waals surface area (Å²) in [5.41, 5.74) is 12.3. The Morgan fingerprint density at radius 2 is 1.11 bits per heavy atom. The summed E-state index contributed by atoms with van der Waals surface area (Å²) in [6.45, 7) is 4.45. The number of rotatable bonds is 3. The minimum atomic E-state index is 0.239. The Morgan fingerprint density at radius 1 is 0.607 bits per heavy atom. The van der Waals surface area contributed by atoms with Crippen LogP contribution in [0.3, 0.4) is 0 Å². The third kappa shape index (κ3) is 2.75. The topological polar surface area (TPSA) is 0 Å². The largest absolute Gasteiger partial charge is 0.152 e. The van der Waals surface area contributed by atoms with Gasteiger partial charge in [0.2, 0.25) is 0 Å². The molecule has 0 aromatic carbocycles. The third-order valence-electron chi connectivity index (χ3n) is 5.79. The van der Waals surface area contributed by atoms with Crippen molar-refractivity contribution in [3.05, 3.63) is 117 Å². The molecule has 1 aromatic heterocycles. The lowest BCUT2D eigenvalue weighted by Crippen LogP contribution is -2.02. The van der Waals surface area contributed by atoms with E-state index in [9.17, 15) is 0 Å². The van der Waals surface area contributed by atoms with E-state index in [2.05, 4.69) is 103 Å². The third-order valence-corrected chi connectivity index (χ3v) is 6.49. The summed E-state index contributed by atoms with van der Waals surface area (Å²) in [5, 5.41) is 4.50. The van der Waals surface area contributed by atoms with Gasteiger partial charge in [0.05, 0.1) is 0 Å². The molecule has 0 nitrogen and oxygen atoms in total. The summed E-state index contributed by atoms with van der Waals surface area (Å²) >= 11 is 1.78. The molecule has 4 aliphatic rings. The van der Waals surface area contributed by atoms with Crippen LogP contribution in [0.1, 0.15) is 33.7 Å². The van der Waals surface area contributed by atoms with Crippen LogP contribution in [0.15, 0.2) is 89.6 Å². The van der Waals surface area contributed by atoms with Gasteiger partial charge in [-0.05, 0) is 80.7 Å². The van der Waals surface area contributed by atoms with Gasteiger partial charge in [0.15, 0.2) is 0 Å². The van der Waals surface area contributed by atoms with E-state index < -0.39 is 0 Å². The molecule has 0 bridgehead atoms. The van der Waals surface area contributed by atoms with E-state index in [0.717, 1.165) is 0 Å². The van der Waals surface area contributed by atoms with Crippen molar-refractivity contribution in [1.82, 2.24) is 0 Å². The van der Waals surface area contributed by atoms with E-state index >= 15 is 0 Å². The van der Waals surface area contributed by atoms with Gasteiger partial charge in [-0.1, -0.05) is 72.8 Å². The fourth-order valence-electron chi connectivity index (χ4n) is 4.51. The van der Waals surface area contributed by atoms with Gasteiger partial charge in [-0.2, -0.15) is 11.3 Å². The van der Waals surface area contributed by atoms with E-state index in [-0.39, 0.29) is 5.92 Å². The van der Waals surface area contributed by atoms with Crippen molar-refractivity contribution in [2.75, 3.05) is 0 Å². The lowest BCUT2D eigenvalue weighted by atomic mass is 9.84. The van der Waals surface area contributed by atoms with Crippen LogP contribution >= 0.6 is 11.3 Å². The number of aryl methyl sites for hydroxylation is 2. The zero-order valence-corrected chi connectivity index (χ0v) is 17.0. The Morgan fingerprint density at radius 3 is 1.57 bits per heavy atom. The van der Waals surface area contributed by atoms with Crippen molar-refractivity contribution in [3.63, 3.8) is 0 Å². The van der Waals surface area contributed by atoms with Gasteiger partial charge in [0.1, 0.15) is 0 Å². The molecule has 1 aromatic rings. The molecule has 0 spiro atoms. The van der Waals surface area contributed by atoms with Crippen molar-refractivity contribution >= 4 is 11.3 Å². The van der Waals surface area contributed by atoms with Crippen LogP contribution in [0.4, 0.5) is 0 Å². The van der Waals surface area contributed by atoms with Gasteiger partial charge in [0.25, 0.3) is 0 Å². The van der Waals surface area contributed by atoms with Crippen LogP contribution in [0, 0.1) is 13.8 Å². The highest BCUT2D eigenvalue weighted by atomic mass is 32.1. The summed E-state index contributed by atoms with van der Waals surface area (Å²) < 4.78 is 0. The molecule has 4 aliphatic carbocycles. The van der Waals surface area contributed by atoms with E-state index in [1.165, 1.54) is 50.1 Å². The molecular weight excluding hydrogens is 356 g/mol. The van der Waals surface area contributed by atoms with Crippen LogP contribution < -0.4 is 0 Å². The van der Waals surface area contributed by atoms with E-state index in [1.54, 1.807) is 11.3 Å². The first kappa shape index (κ1) is 17.2. The first-order valence-electron chi connectivity index (χ1n) is 9.72. The second-order valence-corrected chi connectivity index (χ2v) is 8.31. The minimum Gasteiger partial charge on any atom is -0.152 e. The fourth-order valence-corrected chi connectivity index (χ4v) is 5.19. The molecule has 136 valence electrons. The normalized spacial score (nSPS) is 11.5. The van der Waals surface area contributed by atoms with Gasteiger partial charge >= 0.3 is 0 Å². The summed E-state index contributed by atoms with van der Waals surface area (Å²) in [5.74, 6) is 0.239. The SMILES string of the molecule is Cc1cc(C(c2ccsc2)c2cc(C)c3cccccc2-3)c2cccccc1-2. The summed E-state index contributed by atoms with van der Waals surface area (Å²) in [7, 11) is 0. The number of hydrogen-bond donors (Lipinski definition) is 0. The Kier molecular flexibility index (Phi) is 4.26. The first-order chi connectivity index (χ1) is 13.7. The molecule has 0 saturated carbocycles. The number of thiophene rings is 1. The van der Waals surface area contributed by atoms with E-state index in [0.29, 0.717) is 0 Å². The maximum Gasteiger partial charge on any atom is 0.0360 e. The molecule has 0 unspecified atom stereocenters. The lowest BCUT2D eigenvalue weighted by Gasteiger charge is -2.18. The monoisotopic (exact) mass is 378 g/mol.